The van der Waals surface area contributed by atoms with Crippen LogP contribution in [0.15, 0.2) is 122 Å². The summed E-state index contributed by atoms with van der Waals surface area (Å²) in [6.45, 7) is 0. The normalized spacial score (nSPS) is 10.8. The maximum Gasteiger partial charge on any atom is 0.337 e. The van der Waals surface area contributed by atoms with Gasteiger partial charge in [-0.05, 0) is 97.1 Å². The van der Waals surface area contributed by atoms with Crippen molar-refractivity contribution in [3.63, 3.8) is 0 Å². The molecular weight excluding hydrogens is 696 g/mol. The lowest BCUT2D eigenvalue weighted by Crippen LogP contribution is -1.97. The third-order valence-electron chi connectivity index (χ3n) is 8.07. The molecule has 0 amide bonds. The van der Waals surface area contributed by atoms with Crippen molar-refractivity contribution < 1.29 is 49.1 Å². The molecule has 54 heavy (non-hydrogen) atoms. The van der Waals surface area contributed by atoms with Gasteiger partial charge in [-0.15, -0.1) is 0 Å². The van der Waals surface area contributed by atoms with Crippen LogP contribution < -0.4 is 9.47 Å². The molecule has 0 spiro atoms. The van der Waals surface area contributed by atoms with Crippen molar-refractivity contribution in [2.45, 2.75) is 0 Å². The van der Waals surface area contributed by atoms with Crippen molar-refractivity contribution >= 4 is 67.5 Å². The van der Waals surface area contributed by atoms with Crippen molar-refractivity contribution in [1.29, 1.82) is 0 Å². The topological polar surface area (TPSA) is 219 Å². The number of hydrogen-bond donors (Lipinski definition) is 4. The summed E-state index contributed by atoms with van der Waals surface area (Å²) in [4.78, 5) is 60.9. The molecule has 0 radical (unpaired) electrons. The first-order valence-electron chi connectivity index (χ1n) is 15.9. The number of rotatable bonds is 8. The molecule has 14 nitrogen and oxygen atoms in total. The number of ether oxygens (including phenoxy) is 2. The zero-order valence-electron chi connectivity index (χ0n) is 27.6. The minimum absolute atomic E-state index is 0.0950. The molecule has 0 aliphatic carbocycles. The molecule has 8 aromatic rings. The number of aromatic nitrogens is 4. The third kappa shape index (κ3) is 7.52. The number of fused-ring (bicyclic) bond motifs is 4. The Morgan fingerprint density at radius 1 is 0.352 bits per heavy atom. The first-order chi connectivity index (χ1) is 26.0. The molecular formula is C40H24N4O10. The molecule has 4 aromatic carbocycles. The molecule has 0 saturated heterocycles. The van der Waals surface area contributed by atoms with Gasteiger partial charge in [-0.2, -0.15) is 0 Å². The van der Waals surface area contributed by atoms with E-state index < -0.39 is 23.9 Å². The summed E-state index contributed by atoms with van der Waals surface area (Å²) in [5.41, 5.74) is 3.00. The highest BCUT2D eigenvalue weighted by Gasteiger charge is 2.11. The van der Waals surface area contributed by atoms with E-state index in [0.29, 0.717) is 66.6 Å². The summed E-state index contributed by atoms with van der Waals surface area (Å²) >= 11 is 0. The van der Waals surface area contributed by atoms with Crippen LogP contribution in [0.4, 0.5) is 0 Å². The van der Waals surface area contributed by atoms with E-state index in [1.165, 1.54) is 49.1 Å². The summed E-state index contributed by atoms with van der Waals surface area (Å²) < 4.78 is 11.7. The highest BCUT2D eigenvalue weighted by atomic mass is 16.5. The van der Waals surface area contributed by atoms with Gasteiger partial charge in [0.05, 0.1) is 44.3 Å². The highest BCUT2D eigenvalue weighted by Crippen LogP contribution is 2.30. The molecule has 14 heteroatoms. The summed E-state index contributed by atoms with van der Waals surface area (Å²) in [7, 11) is 0. The SMILES string of the molecule is O=C(O)c1cnc2ccc(Oc3ccc4ncc(C(=O)O)cc4c3)cc2c1.O=C(O)c1cnc2ccc(Oc3ccc4ncc(C(=O)O)cc4c3)cc2c1. The van der Waals surface area contributed by atoms with Gasteiger partial charge >= 0.3 is 23.9 Å². The van der Waals surface area contributed by atoms with Crippen molar-refractivity contribution in [2.24, 2.45) is 0 Å². The predicted octanol–water partition coefficient (Wildman–Crippen LogP) is 7.94. The first-order valence-corrected chi connectivity index (χ1v) is 15.9. The zero-order valence-corrected chi connectivity index (χ0v) is 27.6. The van der Waals surface area contributed by atoms with E-state index in [1.807, 2.05) is 0 Å². The standard InChI is InChI=1S/2C20H12N2O5/c2*23-19(24)13-5-11-7-15(1-3-17(11)21-9-13)27-16-2-4-18-12(8-16)6-14(10-22-18)20(25)26/h2*1-10H,(H,23,24)(H,25,26). The lowest BCUT2D eigenvalue weighted by atomic mass is 10.1. The number of nitrogens with zero attached hydrogens (tertiary/aromatic N) is 4. The summed E-state index contributed by atoms with van der Waals surface area (Å²) in [6, 6.07) is 26.8. The van der Waals surface area contributed by atoms with Crippen LogP contribution in [-0.2, 0) is 0 Å². The van der Waals surface area contributed by atoms with Crippen LogP contribution in [0.1, 0.15) is 41.4 Å². The van der Waals surface area contributed by atoms with Crippen molar-refractivity contribution in [3.8, 4) is 23.0 Å². The molecule has 0 unspecified atom stereocenters. The second-order valence-electron chi connectivity index (χ2n) is 11.7. The van der Waals surface area contributed by atoms with Crippen molar-refractivity contribution in [1.82, 2.24) is 19.9 Å². The molecule has 0 fully saturated rings. The Labute approximate surface area is 303 Å². The first kappa shape index (κ1) is 34.4. The highest BCUT2D eigenvalue weighted by molar-refractivity contribution is 5.95. The number of carboxylic acids is 4. The third-order valence-corrected chi connectivity index (χ3v) is 8.07. The molecule has 0 aliphatic rings. The Kier molecular flexibility index (Phi) is 9.14. The van der Waals surface area contributed by atoms with Gasteiger partial charge in [0.2, 0.25) is 0 Å². The Bertz CT molecular complexity index is 2440. The van der Waals surface area contributed by atoms with Crippen LogP contribution in [0.3, 0.4) is 0 Å². The van der Waals surface area contributed by atoms with E-state index in [-0.39, 0.29) is 22.3 Å². The number of carboxylic acid groups (broad SMARTS) is 4. The number of benzene rings is 4. The van der Waals surface area contributed by atoms with Gasteiger partial charge in [0, 0.05) is 46.3 Å². The van der Waals surface area contributed by atoms with E-state index in [0.717, 1.165) is 0 Å². The number of pyridine rings is 4. The number of carbonyl (C=O) groups is 4. The Morgan fingerprint density at radius 3 is 0.778 bits per heavy atom. The molecule has 264 valence electrons. The van der Waals surface area contributed by atoms with Gasteiger partial charge < -0.3 is 29.9 Å². The fourth-order valence-corrected chi connectivity index (χ4v) is 5.43. The maximum absolute atomic E-state index is 11.1. The average molecular weight is 721 g/mol. The van der Waals surface area contributed by atoms with E-state index in [4.69, 9.17) is 29.9 Å². The maximum atomic E-state index is 11.1. The zero-order chi connectivity index (χ0) is 37.9. The van der Waals surface area contributed by atoms with Gasteiger partial charge in [-0.1, -0.05) is 0 Å². The van der Waals surface area contributed by atoms with Crippen molar-refractivity contribution in [2.75, 3.05) is 0 Å². The number of hydrogen-bond acceptors (Lipinski definition) is 10. The molecule has 0 bridgehead atoms. The lowest BCUT2D eigenvalue weighted by molar-refractivity contribution is 0.0686. The van der Waals surface area contributed by atoms with Gasteiger partial charge in [0.1, 0.15) is 23.0 Å². The molecule has 4 N–H and O–H groups in total. The average Bonchev–Trinajstić information content (AvgIpc) is 3.17. The molecule has 4 heterocycles. The van der Waals surface area contributed by atoms with Gasteiger partial charge in [0.15, 0.2) is 0 Å². The van der Waals surface area contributed by atoms with Crippen LogP contribution in [0.5, 0.6) is 23.0 Å². The van der Waals surface area contributed by atoms with E-state index in [9.17, 15) is 19.2 Å². The fraction of sp³-hybridized carbons (Fsp3) is 0. The second-order valence-corrected chi connectivity index (χ2v) is 11.7. The van der Waals surface area contributed by atoms with Crippen LogP contribution in [-0.4, -0.2) is 64.2 Å². The largest absolute Gasteiger partial charge is 0.478 e. The summed E-state index contributed by atoms with van der Waals surface area (Å²) in [5.74, 6) is -2.16. The molecule has 0 atom stereocenters. The van der Waals surface area contributed by atoms with E-state index in [1.54, 1.807) is 72.8 Å². The smallest absolute Gasteiger partial charge is 0.337 e. The molecule has 0 aliphatic heterocycles. The van der Waals surface area contributed by atoms with E-state index >= 15 is 0 Å². The van der Waals surface area contributed by atoms with Gasteiger partial charge in [-0.25, -0.2) is 19.2 Å². The van der Waals surface area contributed by atoms with Crippen LogP contribution in [0.2, 0.25) is 0 Å². The van der Waals surface area contributed by atoms with Crippen LogP contribution in [0, 0.1) is 0 Å². The van der Waals surface area contributed by atoms with Crippen molar-refractivity contribution in [3.05, 3.63) is 144 Å². The Morgan fingerprint density at radius 2 is 0.574 bits per heavy atom. The summed E-state index contributed by atoms with van der Waals surface area (Å²) in [6.07, 6.45) is 5.23. The Hall–Kier alpha value is -8.00. The quantitative estimate of drug-likeness (QED) is 0.117. The monoisotopic (exact) mass is 720 g/mol. The predicted molar refractivity (Wildman–Crippen MR) is 195 cm³/mol. The number of aromatic carboxylic acids is 4. The van der Waals surface area contributed by atoms with Gasteiger partial charge in [0.25, 0.3) is 0 Å². The van der Waals surface area contributed by atoms with E-state index in [2.05, 4.69) is 19.9 Å². The minimum Gasteiger partial charge on any atom is -0.478 e. The second kappa shape index (κ2) is 14.3. The molecule has 0 saturated carbocycles. The Balaban J connectivity index is 0.000000167. The lowest BCUT2D eigenvalue weighted by Gasteiger charge is -2.08. The van der Waals surface area contributed by atoms with Crippen LogP contribution >= 0.6 is 0 Å². The summed E-state index contributed by atoms with van der Waals surface area (Å²) in [5, 5.41) is 38.9. The fourth-order valence-electron chi connectivity index (χ4n) is 5.43. The molecule has 8 rings (SSSR count). The van der Waals surface area contributed by atoms with Gasteiger partial charge in [-0.3, -0.25) is 19.9 Å². The molecule has 4 aromatic heterocycles. The minimum atomic E-state index is -1.05. The van der Waals surface area contributed by atoms with Crippen LogP contribution in [0.25, 0.3) is 43.6 Å².